The maximum atomic E-state index is 4.34. The summed E-state index contributed by atoms with van der Waals surface area (Å²) in [7, 11) is 0. The molecule has 1 aromatic rings. The first-order chi connectivity index (χ1) is 9.33. The van der Waals surface area contributed by atoms with Crippen LogP contribution in [0.25, 0.3) is 0 Å². The molecule has 1 aliphatic heterocycles. The lowest BCUT2D eigenvalue weighted by molar-refractivity contribution is 0.280. The lowest BCUT2D eigenvalue weighted by atomic mass is 9.83. The molecule has 19 heavy (non-hydrogen) atoms. The predicted molar refractivity (Wildman–Crippen MR) is 75.8 cm³/mol. The fourth-order valence-electron chi connectivity index (χ4n) is 3.42. The van der Waals surface area contributed by atoms with Gasteiger partial charge in [0.05, 0.1) is 6.54 Å². The summed E-state index contributed by atoms with van der Waals surface area (Å²) >= 11 is 0. The number of hydrogen-bond donors (Lipinski definition) is 1. The molecule has 3 rings (SSSR count). The number of rotatable bonds is 4. The molecule has 0 atom stereocenters. The predicted octanol–water partition coefficient (Wildman–Crippen LogP) is 2.53. The van der Waals surface area contributed by atoms with Crippen molar-refractivity contribution in [2.45, 2.75) is 65.0 Å². The van der Waals surface area contributed by atoms with Gasteiger partial charge in [-0.25, -0.2) is 0 Å². The average molecular weight is 262 g/mol. The molecule has 0 unspecified atom stereocenters. The van der Waals surface area contributed by atoms with E-state index in [2.05, 4.69) is 27.0 Å². The van der Waals surface area contributed by atoms with Crippen molar-refractivity contribution in [2.24, 2.45) is 11.8 Å². The summed E-state index contributed by atoms with van der Waals surface area (Å²) in [4.78, 5) is 0. The van der Waals surface area contributed by atoms with Crippen molar-refractivity contribution in [2.75, 3.05) is 6.54 Å². The minimum atomic E-state index is 0.875. The molecule has 0 amide bonds. The Morgan fingerprint density at radius 1 is 1.16 bits per heavy atom. The Balaban J connectivity index is 1.46. The summed E-state index contributed by atoms with van der Waals surface area (Å²) in [6.07, 6.45) is 9.26. The van der Waals surface area contributed by atoms with E-state index in [1.165, 1.54) is 44.3 Å². The van der Waals surface area contributed by atoms with E-state index in [1.807, 2.05) is 0 Å². The monoisotopic (exact) mass is 262 g/mol. The van der Waals surface area contributed by atoms with Gasteiger partial charge >= 0.3 is 0 Å². The molecular weight excluding hydrogens is 236 g/mol. The van der Waals surface area contributed by atoms with Crippen LogP contribution in [0.15, 0.2) is 0 Å². The van der Waals surface area contributed by atoms with Crippen molar-refractivity contribution in [1.29, 1.82) is 0 Å². The van der Waals surface area contributed by atoms with Crippen LogP contribution >= 0.6 is 0 Å². The van der Waals surface area contributed by atoms with Crippen LogP contribution in [0.3, 0.4) is 0 Å². The van der Waals surface area contributed by atoms with Gasteiger partial charge in [0, 0.05) is 13.0 Å². The van der Waals surface area contributed by atoms with Crippen LogP contribution in [-0.4, -0.2) is 21.3 Å². The van der Waals surface area contributed by atoms with Crippen molar-refractivity contribution in [3.8, 4) is 0 Å². The van der Waals surface area contributed by atoms with Crippen LogP contribution in [0.5, 0.6) is 0 Å². The van der Waals surface area contributed by atoms with Gasteiger partial charge in [-0.05, 0) is 44.1 Å². The normalized spacial score (nSPS) is 27.2. The van der Waals surface area contributed by atoms with Gasteiger partial charge in [0.15, 0.2) is 0 Å². The molecule has 106 valence electrons. The molecule has 4 heteroatoms. The maximum Gasteiger partial charge on any atom is 0.147 e. The number of fused-ring (bicyclic) bond motifs is 1. The largest absolute Gasteiger partial charge is 0.314 e. The van der Waals surface area contributed by atoms with Gasteiger partial charge < -0.3 is 9.88 Å². The van der Waals surface area contributed by atoms with Gasteiger partial charge in [0.25, 0.3) is 0 Å². The standard InChI is InChI=1S/C15H26N4/c1-12-5-7-13(8-6-12)10-16-11-15-18-17-14-4-2-3-9-19(14)15/h12-13,16H,2-11H2,1H3. The van der Waals surface area contributed by atoms with E-state index < -0.39 is 0 Å². The van der Waals surface area contributed by atoms with E-state index in [4.69, 9.17) is 0 Å². The second kappa shape index (κ2) is 6.04. The number of aryl methyl sites for hydroxylation is 1. The van der Waals surface area contributed by atoms with Crippen LogP contribution in [0.2, 0.25) is 0 Å². The molecular formula is C15H26N4. The molecule has 2 heterocycles. The van der Waals surface area contributed by atoms with E-state index in [1.54, 1.807) is 0 Å². The maximum absolute atomic E-state index is 4.34. The first-order valence-corrected chi connectivity index (χ1v) is 7.94. The molecule has 1 fully saturated rings. The molecule has 0 aromatic carbocycles. The quantitative estimate of drug-likeness (QED) is 0.906. The third kappa shape index (κ3) is 3.16. The van der Waals surface area contributed by atoms with Gasteiger partial charge in [0.2, 0.25) is 0 Å². The molecule has 1 aliphatic carbocycles. The summed E-state index contributed by atoms with van der Waals surface area (Å²) in [5, 5.41) is 12.2. The Morgan fingerprint density at radius 2 is 2.00 bits per heavy atom. The van der Waals surface area contributed by atoms with E-state index in [0.717, 1.165) is 43.7 Å². The number of aromatic nitrogens is 3. The highest BCUT2D eigenvalue weighted by molar-refractivity contribution is 4.98. The van der Waals surface area contributed by atoms with E-state index in [9.17, 15) is 0 Å². The third-order valence-corrected chi connectivity index (χ3v) is 4.79. The van der Waals surface area contributed by atoms with Crippen molar-refractivity contribution >= 4 is 0 Å². The molecule has 0 bridgehead atoms. The first kappa shape index (κ1) is 13.1. The number of nitrogens with one attached hydrogen (secondary N) is 1. The van der Waals surface area contributed by atoms with Gasteiger partial charge in [-0.3, -0.25) is 0 Å². The summed E-state index contributed by atoms with van der Waals surface area (Å²) in [6, 6.07) is 0. The third-order valence-electron chi connectivity index (χ3n) is 4.79. The summed E-state index contributed by atoms with van der Waals surface area (Å²) in [6.45, 7) is 5.53. The van der Waals surface area contributed by atoms with E-state index in [-0.39, 0.29) is 0 Å². The lowest BCUT2D eigenvalue weighted by Gasteiger charge is -2.26. The lowest BCUT2D eigenvalue weighted by Crippen LogP contribution is -2.27. The minimum absolute atomic E-state index is 0.875. The van der Waals surface area contributed by atoms with Crippen LogP contribution < -0.4 is 5.32 Å². The second-order valence-corrected chi connectivity index (χ2v) is 6.40. The minimum Gasteiger partial charge on any atom is -0.314 e. The van der Waals surface area contributed by atoms with Crippen molar-refractivity contribution in [3.05, 3.63) is 11.6 Å². The molecule has 0 radical (unpaired) electrons. The average Bonchev–Trinajstić information content (AvgIpc) is 2.85. The topological polar surface area (TPSA) is 42.7 Å². The molecule has 1 aromatic heterocycles. The Kier molecular flexibility index (Phi) is 4.16. The van der Waals surface area contributed by atoms with Crippen LogP contribution in [-0.2, 0) is 19.5 Å². The zero-order valence-corrected chi connectivity index (χ0v) is 12.1. The zero-order chi connectivity index (χ0) is 13.1. The number of nitrogens with zero attached hydrogens (tertiary/aromatic N) is 3. The Hall–Kier alpha value is -0.900. The van der Waals surface area contributed by atoms with Gasteiger partial charge in [-0.1, -0.05) is 19.8 Å². The first-order valence-electron chi connectivity index (χ1n) is 7.94. The summed E-state index contributed by atoms with van der Waals surface area (Å²) in [5.41, 5.74) is 0. The summed E-state index contributed by atoms with van der Waals surface area (Å²) in [5.74, 6) is 4.15. The fourth-order valence-corrected chi connectivity index (χ4v) is 3.42. The zero-order valence-electron chi connectivity index (χ0n) is 12.1. The van der Waals surface area contributed by atoms with E-state index >= 15 is 0 Å². The summed E-state index contributed by atoms with van der Waals surface area (Å²) < 4.78 is 2.32. The van der Waals surface area contributed by atoms with Gasteiger partial charge in [-0.2, -0.15) is 0 Å². The Labute approximate surface area is 116 Å². The fraction of sp³-hybridized carbons (Fsp3) is 0.867. The number of hydrogen-bond acceptors (Lipinski definition) is 3. The second-order valence-electron chi connectivity index (χ2n) is 6.40. The molecule has 2 aliphatic rings. The highest BCUT2D eigenvalue weighted by atomic mass is 15.3. The Morgan fingerprint density at radius 3 is 2.84 bits per heavy atom. The highest BCUT2D eigenvalue weighted by Gasteiger charge is 2.19. The molecule has 0 saturated heterocycles. The van der Waals surface area contributed by atoms with Crippen LogP contribution in [0.4, 0.5) is 0 Å². The van der Waals surface area contributed by atoms with Gasteiger partial charge in [0.1, 0.15) is 11.6 Å². The van der Waals surface area contributed by atoms with Crippen molar-refractivity contribution < 1.29 is 0 Å². The van der Waals surface area contributed by atoms with Crippen LogP contribution in [0, 0.1) is 11.8 Å². The molecule has 1 saturated carbocycles. The highest BCUT2D eigenvalue weighted by Crippen LogP contribution is 2.27. The molecule has 4 nitrogen and oxygen atoms in total. The molecule has 1 N–H and O–H groups in total. The van der Waals surface area contributed by atoms with Crippen molar-refractivity contribution in [1.82, 2.24) is 20.1 Å². The van der Waals surface area contributed by atoms with Crippen molar-refractivity contribution in [3.63, 3.8) is 0 Å². The Bertz CT molecular complexity index is 404. The van der Waals surface area contributed by atoms with Gasteiger partial charge in [-0.15, -0.1) is 10.2 Å². The smallest absolute Gasteiger partial charge is 0.147 e. The van der Waals surface area contributed by atoms with Crippen LogP contribution in [0.1, 0.15) is 57.1 Å². The van der Waals surface area contributed by atoms with E-state index in [0.29, 0.717) is 0 Å². The SMILES string of the molecule is CC1CCC(CNCc2nnc3n2CCCC3)CC1. The molecule has 0 spiro atoms.